The minimum Gasteiger partial charge on any atom is -0.357 e. The number of rotatable bonds is 1. The predicted octanol–water partition coefficient (Wildman–Crippen LogP) is 3.21. The fourth-order valence-electron chi connectivity index (χ4n) is 1.32. The molecule has 0 aliphatic rings. The van der Waals surface area contributed by atoms with Gasteiger partial charge in [0, 0.05) is 14.1 Å². The molecule has 0 saturated carbocycles. The molecule has 2 rings (SSSR count). The fraction of sp³-hybridized carbons (Fsp3) is 0.273. The van der Waals surface area contributed by atoms with Gasteiger partial charge in [-0.15, -0.1) is 0 Å². The highest BCUT2D eigenvalue weighted by Crippen LogP contribution is 2.28. The second kappa shape index (κ2) is 4.84. The van der Waals surface area contributed by atoms with E-state index in [9.17, 15) is 0 Å². The topological polar surface area (TPSA) is 28.5 Å². The average molecular weight is 251 g/mol. The van der Waals surface area contributed by atoms with E-state index in [4.69, 9.17) is 0 Å². The Morgan fingerprint density at radius 3 is 2.75 bits per heavy atom. The van der Waals surface area contributed by atoms with Gasteiger partial charge in [0.15, 0.2) is 5.17 Å². The van der Waals surface area contributed by atoms with Crippen molar-refractivity contribution in [1.29, 1.82) is 0 Å². The van der Waals surface area contributed by atoms with E-state index in [1.807, 2.05) is 43.5 Å². The van der Waals surface area contributed by atoms with Crippen LogP contribution in [0.5, 0.6) is 0 Å². The number of hydrogen-bond acceptors (Lipinski definition) is 4. The minimum absolute atomic E-state index is 0.819. The molecular formula is C11H13N3S2. The predicted molar refractivity (Wildman–Crippen MR) is 73.9 cm³/mol. The molecule has 0 amide bonds. The summed E-state index contributed by atoms with van der Waals surface area (Å²) in [4.78, 5) is 11.0. The van der Waals surface area contributed by atoms with Crippen LogP contribution in [0.15, 0.2) is 29.3 Å². The SMILES string of the molecule is CSC(=Nc1nc2ccccc2s1)N(C)C. The van der Waals surface area contributed by atoms with Crippen molar-refractivity contribution in [2.45, 2.75) is 0 Å². The van der Waals surface area contributed by atoms with Crippen LogP contribution in [0.4, 0.5) is 5.13 Å². The quantitative estimate of drug-likeness (QED) is 0.575. The van der Waals surface area contributed by atoms with Crippen LogP contribution in [0.2, 0.25) is 0 Å². The number of fused-ring (bicyclic) bond motifs is 1. The van der Waals surface area contributed by atoms with Crippen LogP contribution in [0.1, 0.15) is 0 Å². The van der Waals surface area contributed by atoms with Crippen molar-refractivity contribution in [2.24, 2.45) is 4.99 Å². The van der Waals surface area contributed by atoms with E-state index in [-0.39, 0.29) is 0 Å². The third-order valence-electron chi connectivity index (χ3n) is 2.04. The first-order valence-corrected chi connectivity index (χ1v) is 6.90. The lowest BCUT2D eigenvalue weighted by molar-refractivity contribution is 0.637. The lowest BCUT2D eigenvalue weighted by atomic mass is 10.3. The summed E-state index contributed by atoms with van der Waals surface area (Å²) in [5.74, 6) is 0. The van der Waals surface area contributed by atoms with Gasteiger partial charge in [0.2, 0.25) is 5.13 Å². The second-order valence-electron chi connectivity index (χ2n) is 3.46. The number of aromatic nitrogens is 1. The van der Waals surface area contributed by atoms with Crippen LogP contribution in [-0.4, -0.2) is 35.4 Å². The standard InChI is InChI=1S/C11H13N3S2/c1-14(2)11(15-3)13-10-12-8-6-4-5-7-9(8)16-10/h4-7H,1-3H3. The number of thioether (sulfide) groups is 1. The number of thiazole rings is 1. The number of nitrogens with zero attached hydrogens (tertiary/aromatic N) is 3. The summed E-state index contributed by atoms with van der Waals surface area (Å²) in [5.41, 5.74) is 1.02. The maximum Gasteiger partial charge on any atom is 0.212 e. The molecular weight excluding hydrogens is 238 g/mol. The summed E-state index contributed by atoms with van der Waals surface area (Å²) in [6.45, 7) is 0. The molecule has 0 atom stereocenters. The number of hydrogen-bond donors (Lipinski definition) is 0. The molecule has 2 aromatic rings. The van der Waals surface area contributed by atoms with E-state index in [0.29, 0.717) is 0 Å². The van der Waals surface area contributed by atoms with Crippen LogP contribution < -0.4 is 0 Å². The van der Waals surface area contributed by atoms with Crippen molar-refractivity contribution >= 4 is 43.6 Å². The molecule has 0 bridgehead atoms. The Balaban J connectivity index is 2.40. The largest absolute Gasteiger partial charge is 0.357 e. The molecule has 0 unspecified atom stereocenters. The fourth-order valence-corrected chi connectivity index (χ4v) is 2.76. The van der Waals surface area contributed by atoms with Gasteiger partial charge in [-0.2, -0.15) is 4.99 Å². The van der Waals surface area contributed by atoms with Crippen molar-refractivity contribution in [3.63, 3.8) is 0 Å². The van der Waals surface area contributed by atoms with Gasteiger partial charge in [0.25, 0.3) is 0 Å². The number of benzene rings is 1. The maximum atomic E-state index is 4.53. The first-order valence-electron chi connectivity index (χ1n) is 4.86. The molecule has 0 radical (unpaired) electrons. The second-order valence-corrected chi connectivity index (χ2v) is 5.24. The minimum atomic E-state index is 0.819. The van der Waals surface area contributed by atoms with Crippen LogP contribution in [0.3, 0.4) is 0 Å². The molecule has 1 aromatic carbocycles. The summed E-state index contributed by atoms with van der Waals surface area (Å²) in [5, 5.41) is 1.79. The zero-order valence-electron chi connectivity index (χ0n) is 9.47. The third-order valence-corrected chi connectivity index (χ3v) is 3.79. The highest BCUT2D eigenvalue weighted by Gasteiger charge is 2.04. The van der Waals surface area contributed by atoms with Crippen molar-refractivity contribution in [3.05, 3.63) is 24.3 Å². The van der Waals surface area contributed by atoms with Gasteiger partial charge >= 0.3 is 0 Å². The van der Waals surface area contributed by atoms with Crippen LogP contribution in [0.25, 0.3) is 10.2 Å². The first kappa shape index (κ1) is 11.4. The molecule has 84 valence electrons. The molecule has 0 spiro atoms. The van der Waals surface area contributed by atoms with E-state index in [1.165, 1.54) is 4.70 Å². The number of amidine groups is 1. The summed E-state index contributed by atoms with van der Waals surface area (Å²) >= 11 is 3.25. The average Bonchev–Trinajstić information content (AvgIpc) is 2.67. The first-order chi connectivity index (χ1) is 7.70. The zero-order valence-corrected chi connectivity index (χ0v) is 11.1. The molecule has 0 aliphatic carbocycles. The van der Waals surface area contributed by atoms with Crippen molar-refractivity contribution < 1.29 is 0 Å². The van der Waals surface area contributed by atoms with Crippen LogP contribution in [0, 0.1) is 0 Å². The van der Waals surface area contributed by atoms with E-state index >= 15 is 0 Å². The summed E-state index contributed by atoms with van der Waals surface area (Å²) < 4.78 is 1.18. The number of aliphatic imine (C=N–C) groups is 1. The third kappa shape index (κ3) is 2.36. The zero-order chi connectivity index (χ0) is 11.5. The van der Waals surface area contributed by atoms with Crippen molar-refractivity contribution in [3.8, 4) is 0 Å². The molecule has 1 aromatic heterocycles. The Labute approximate surface area is 103 Å². The molecule has 1 heterocycles. The van der Waals surface area contributed by atoms with Gasteiger partial charge in [-0.25, -0.2) is 4.98 Å². The Hall–Kier alpha value is -1.07. The Morgan fingerprint density at radius 2 is 2.12 bits per heavy atom. The smallest absolute Gasteiger partial charge is 0.212 e. The molecule has 5 heteroatoms. The summed E-state index contributed by atoms with van der Waals surface area (Å²) in [6, 6.07) is 8.10. The summed E-state index contributed by atoms with van der Waals surface area (Å²) in [7, 11) is 3.98. The van der Waals surface area contributed by atoms with Gasteiger partial charge in [0.1, 0.15) is 0 Å². The van der Waals surface area contributed by atoms with Crippen molar-refractivity contribution in [1.82, 2.24) is 9.88 Å². The molecule has 16 heavy (non-hydrogen) atoms. The normalized spacial score (nSPS) is 12.1. The van der Waals surface area contributed by atoms with E-state index in [0.717, 1.165) is 15.8 Å². The van der Waals surface area contributed by atoms with Gasteiger partial charge in [-0.3, -0.25) is 0 Å². The Kier molecular flexibility index (Phi) is 3.46. The Morgan fingerprint density at radius 1 is 1.38 bits per heavy atom. The maximum absolute atomic E-state index is 4.53. The van der Waals surface area contributed by atoms with Gasteiger partial charge in [0.05, 0.1) is 10.2 Å². The molecule has 0 aliphatic heterocycles. The number of para-hydroxylation sites is 1. The molecule has 0 N–H and O–H groups in total. The molecule has 3 nitrogen and oxygen atoms in total. The lowest BCUT2D eigenvalue weighted by Gasteiger charge is -2.11. The lowest BCUT2D eigenvalue weighted by Crippen LogP contribution is -2.17. The van der Waals surface area contributed by atoms with Gasteiger partial charge < -0.3 is 4.90 Å². The van der Waals surface area contributed by atoms with Gasteiger partial charge in [-0.1, -0.05) is 35.2 Å². The highest BCUT2D eigenvalue weighted by atomic mass is 32.2. The Bertz CT molecular complexity index is 484. The monoisotopic (exact) mass is 251 g/mol. The van der Waals surface area contributed by atoms with Crippen LogP contribution >= 0.6 is 23.1 Å². The molecule has 0 fully saturated rings. The van der Waals surface area contributed by atoms with E-state index < -0.39 is 0 Å². The van der Waals surface area contributed by atoms with E-state index in [1.54, 1.807) is 23.1 Å². The molecule has 0 saturated heterocycles. The van der Waals surface area contributed by atoms with E-state index in [2.05, 4.69) is 16.0 Å². The van der Waals surface area contributed by atoms with Crippen LogP contribution in [-0.2, 0) is 0 Å². The van der Waals surface area contributed by atoms with Crippen molar-refractivity contribution in [2.75, 3.05) is 20.4 Å². The highest BCUT2D eigenvalue weighted by molar-refractivity contribution is 8.13. The summed E-state index contributed by atoms with van der Waals surface area (Å²) in [6.07, 6.45) is 2.02. The van der Waals surface area contributed by atoms with Gasteiger partial charge in [-0.05, 0) is 18.4 Å².